The molecule has 1 heterocycles. The van der Waals surface area contributed by atoms with Gasteiger partial charge in [0, 0.05) is 12.0 Å². The summed E-state index contributed by atoms with van der Waals surface area (Å²) in [6.45, 7) is 5.28. The maximum atomic E-state index is 13.9. The summed E-state index contributed by atoms with van der Waals surface area (Å²) in [5, 5.41) is 2.71. The number of hydrogen-bond donors (Lipinski definition) is 1. The number of alkyl halides is 3. The zero-order chi connectivity index (χ0) is 18.4. The number of nitrogens with zero attached hydrogens (tertiary/aromatic N) is 1. The van der Waals surface area contributed by atoms with Crippen LogP contribution in [0, 0.1) is 0 Å². The summed E-state index contributed by atoms with van der Waals surface area (Å²) >= 11 is 0. The Morgan fingerprint density at radius 2 is 1.84 bits per heavy atom. The lowest BCUT2D eigenvalue weighted by Gasteiger charge is -2.38. The van der Waals surface area contributed by atoms with Crippen LogP contribution in [0.5, 0.6) is 0 Å². The molecule has 1 N–H and O–H groups in total. The first-order valence-electron chi connectivity index (χ1n) is 8.30. The summed E-state index contributed by atoms with van der Waals surface area (Å²) in [6.07, 6.45) is -3.66. The van der Waals surface area contributed by atoms with Gasteiger partial charge in [-0.25, -0.2) is 0 Å². The quantitative estimate of drug-likeness (QED) is 0.883. The third kappa shape index (κ3) is 3.35. The highest BCUT2D eigenvalue weighted by Gasteiger charge is 2.52. The molecule has 6 heteroatoms. The number of nitrogens with one attached hydrogen (secondary N) is 1. The first-order valence-corrected chi connectivity index (χ1v) is 8.30. The molecule has 1 fully saturated rings. The fourth-order valence-electron chi connectivity index (χ4n) is 3.41. The van der Waals surface area contributed by atoms with Crippen molar-refractivity contribution in [1.82, 2.24) is 10.4 Å². The Bertz CT molecular complexity index is 814. The summed E-state index contributed by atoms with van der Waals surface area (Å²) in [6, 6.07) is 8.70. The largest absolute Gasteiger partial charge is 0.409 e. The molecule has 1 atom stereocenters. The van der Waals surface area contributed by atoms with Gasteiger partial charge in [0.25, 0.3) is 0 Å². The fraction of sp³-hybridized carbons (Fsp3) is 0.421. The van der Waals surface area contributed by atoms with Gasteiger partial charge < -0.3 is 0 Å². The summed E-state index contributed by atoms with van der Waals surface area (Å²) < 4.78 is 41.6. The van der Waals surface area contributed by atoms with E-state index in [0.717, 1.165) is 27.8 Å². The van der Waals surface area contributed by atoms with Gasteiger partial charge in [-0.2, -0.15) is 18.2 Å². The number of halogens is 3. The summed E-state index contributed by atoms with van der Waals surface area (Å²) in [5.74, 6) is -0.395. The van der Waals surface area contributed by atoms with Gasteiger partial charge in [0.05, 0.1) is 0 Å². The minimum Gasteiger partial charge on any atom is -0.287 e. The van der Waals surface area contributed by atoms with E-state index in [-0.39, 0.29) is 12.0 Å². The lowest BCUT2D eigenvalue weighted by Crippen LogP contribution is -2.51. The van der Waals surface area contributed by atoms with Crippen LogP contribution in [0.15, 0.2) is 36.4 Å². The zero-order valence-electron chi connectivity index (χ0n) is 14.4. The van der Waals surface area contributed by atoms with Crippen LogP contribution in [0.25, 0.3) is 10.8 Å². The molecule has 1 saturated heterocycles. The normalized spacial score (nSPS) is 19.2. The minimum absolute atomic E-state index is 0.0349. The van der Waals surface area contributed by atoms with Gasteiger partial charge in [0.15, 0.2) is 6.04 Å². The van der Waals surface area contributed by atoms with E-state index < -0.39 is 23.7 Å². The molecule has 1 aliphatic heterocycles. The number of hydrazine groups is 1. The summed E-state index contributed by atoms with van der Waals surface area (Å²) in [7, 11) is 0. The van der Waals surface area contributed by atoms with Crippen LogP contribution >= 0.6 is 0 Å². The van der Waals surface area contributed by atoms with Gasteiger partial charge in [-0.1, -0.05) is 37.3 Å². The van der Waals surface area contributed by atoms with E-state index in [9.17, 15) is 18.0 Å². The standard InChI is InChI=1S/C19H21F3N2O/c1-4-12-5-6-13-7-8-14(10-15(13)9-12)17(19(20,21)22)24-18(2,3)11-16(25)23-24/h5-10,17H,4,11H2,1-3H3,(H,23,25)/t17-/m0/s1. The lowest BCUT2D eigenvalue weighted by molar-refractivity contribution is -0.203. The van der Waals surface area contributed by atoms with E-state index in [1.165, 1.54) is 6.07 Å². The Kier molecular flexibility index (Phi) is 4.27. The highest BCUT2D eigenvalue weighted by Crippen LogP contribution is 2.43. The molecule has 0 aliphatic carbocycles. The van der Waals surface area contributed by atoms with E-state index in [4.69, 9.17) is 0 Å². The second-order valence-corrected chi connectivity index (χ2v) is 7.13. The molecule has 0 bridgehead atoms. The van der Waals surface area contributed by atoms with E-state index >= 15 is 0 Å². The van der Waals surface area contributed by atoms with Crippen LogP contribution in [-0.4, -0.2) is 22.6 Å². The summed E-state index contributed by atoms with van der Waals surface area (Å²) in [5.41, 5.74) is 2.68. The molecule has 0 aromatic heterocycles. The molecule has 0 radical (unpaired) electrons. The molecular formula is C19H21F3N2O. The van der Waals surface area contributed by atoms with E-state index in [1.807, 2.05) is 25.1 Å². The maximum absolute atomic E-state index is 13.9. The number of carbonyl (C=O) groups is 1. The molecule has 1 aliphatic rings. The number of fused-ring (bicyclic) bond motifs is 1. The predicted octanol–water partition coefficient (Wildman–Crippen LogP) is 4.52. The van der Waals surface area contributed by atoms with Crippen molar-refractivity contribution < 1.29 is 18.0 Å². The first kappa shape index (κ1) is 17.7. The molecule has 3 rings (SSSR count). The van der Waals surface area contributed by atoms with Gasteiger partial charge in [0.2, 0.25) is 5.91 Å². The van der Waals surface area contributed by atoms with Crippen LogP contribution < -0.4 is 5.43 Å². The SMILES string of the molecule is CCc1ccc2ccc([C@H](N3NC(=O)CC3(C)C)C(F)(F)F)cc2c1. The molecule has 2 aromatic rings. The van der Waals surface area contributed by atoms with Gasteiger partial charge >= 0.3 is 6.18 Å². The second-order valence-electron chi connectivity index (χ2n) is 7.13. The van der Waals surface area contributed by atoms with Crippen molar-refractivity contribution in [1.29, 1.82) is 0 Å². The smallest absolute Gasteiger partial charge is 0.287 e. The number of aryl methyl sites for hydroxylation is 1. The Labute approximate surface area is 144 Å². The maximum Gasteiger partial charge on any atom is 0.409 e. The Balaban J connectivity index is 2.11. The molecule has 1 amide bonds. The topological polar surface area (TPSA) is 32.3 Å². The average molecular weight is 350 g/mol. The third-order valence-corrected chi connectivity index (χ3v) is 4.71. The molecule has 134 valence electrons. The van der Waals surface area contributed by atoms with Crippen molar-refractivity contribution in [2.75, 3.05) is 0 Å². The Morgan fingerprint density at radius 3 is 2.40 bits per heavy atom. The van der Waals surface area contributed by atoms with E-state index in [0.29, 0.717) is 0 Å². The summed E-state index contributed by atoms with van der Waals surface area (Å²) in [4.78, 5) is 11.7. The molecule has 0 spiro atoms. The van der Waals surface area contributed by atoms with Crippen LogP contribution in [0.1, 0.15) is 44.4 Å². The lowest BCUT2D eigenvalue weighted by atomic mass is 9.95. The van der Waals surface area contributed by atoms with E-state index in [2.05, 4.69) is 5.43 Å². The Morgan fingerprint density at radius 1 is 1.16 bits per heavy atom. The first-order chi connectivity index (χ1) is 11.6. The van der Waals surface area contributed by atoms with Crippen LogP contribution in [0.4, 0.5) is 13.2 Å². The number of rotatable bonds is 3. The average Bonchev–Trinajstić information content (AvgIpc) is 2.77. The van der Waals surface area contributed by atoms with Crippen molar-refractivity contribution in [3.05, 3.63) is 47.5 Å². The highest BCUT2D eigenvalue weighted by atomic mass is 19.4. The molecule has 3 nitrogen and oxygen atoms in total. The van der Waals surface area contributed by atoms with Gasteiger partial charge in [-0.05, 0) is 48.2 Å². The van der Waals surface area contributed by atoms with Gasteiger partial charge in [-0.15, -0.1) is 0 Å². The van der Waals surface area contributed by atoms with Crippen molar-refractivity contribution in [2.45, 2.75) is 51.4 Å². The third-order valence-electron chi connectivity index (χ3n) is 4.71. The monoisotopic (exact) mass is 350 g/mol. The van der Waals surface area contributed by atoms with Crippen molar-refractivity contribution in [3.8, 4) is 0 Å². The second kappa shape index (κ2) is 6.02. The number of benzene rings is 2. The molecule has 2 aromatic carbocycles. The zero-order valence-corrected chi connectivity index (χ0v) is 14.4. The van der Waals surface area contributed by atoms with E-state index in [1.54, 1.807) is 26.0 Å². The van der Waals surface area contributed by atoms with Gasteiger partial charge in [-0.3, -0.25) is 10.2 Å². The number of carbonyl (C=O) groups excluding carboxylic acids is 1. The predicted molar refractivity (Wildman–Crippen MR) is 90.8 cm³/mol. The molecule has 0 unspecified atom stereocenters. The molecule has 0 saturated carbocycles. The van der Waals surface area contributed by atoms with Crippen LogP contribution in [-0.2, 0) is 11.2 Å². The molecule has 25 heavy (non-hydrogen) atoms. The van der Waals surface area contributed by atoms with Crippen LogP contribution in [0.2, 0.25) is 0 Å². The number of amides is 1. The van der Waals surface area contributed by atoms with Crippen molar-refractivity contribution in [3.63, 3.8) is 0 Å². The van der Waals surface area contributed by atoms with Crippen LogP contribution in [0.3, 0.4) is 0 Å². The van der Waals surface area contributed by atoms with Crippen molar-refractivity contribution in [2.24, 2.45) is 0 Å². The minimum atomic E-state index is -4.51. The molecular weight excluding hydrogens is 329 g/mol. The Hall–Kier alpha value is -2.08. The van der Waals surface area contributed by atoms with Crippen molar-refractivity contribution >= 4 is 16.7 Å². The highest BCUT2D eigenvalue weighted by molar-refractivity contribution is 5.84. The number of hydrogen-bond acceptors (Lipinski definition) is 2. The fourth-order valence-corrected chi connectivity index (χ4v) is 3.41. The van der Waals surface area contributed by atoms with Gasteiger partial charge in [0.1, 0.15) is 0 Å².